The van der Waals surface area contributed by atoms with Crippen molar-refractivity contribution in [1.82, 2.24) is 5.32 Å². The lowest BCUT2D eigenvalue weighted by atomic mass is 10.1. The second kappa shape index (κ2) is 9.64. The zero-order valence-electron chi connectivity index (χ0n) is 17.5. The molecule has 3 aromatic carbocycles. The van der Waals surface area contributed by atoms with Gasteiger partial charge in [0.25, 0.3) is 15.9 Å². The third kappa shape index (κ3) is 5.91. The van der Waals surface area contributed by atoms with E-state index in [2.05, 4.69) is 15.4 Å². The summed E-state index contributed by atoms with van der Waals surface area (Å²) in [6.07, 6.45) is 1.88. The fourth-order valence-corrected chi connectivity index (χ4v) is 4.50. The molecule has 0 saturated heterocycles. The van der Waals surface area contributed by atoms with E-state index in [0.717, 1.165) is 18.4 Å². The fourth-order valence-electron chi connectivity index (χ4n) is 3.13. The lowest BCUT2D eigenvalue weighted by Gasteiger charge is -2.11. The van der Waals surface area contributed by atoms with Gasteiger partial charge in [-0.25, -0.2) is 8.42 Å². The van der Waals surface area contributed by atoms with E-state index in [1.54, 1.807) is 42.5 Å². The van der Waals surface area contributed by atoms with Crippen molar-refractivity contribution in [3.8, 4) is 0 Å². The average Bonchev–Trinajstić information content (AvgIpc) is 3.66. The Bertz CT molecular complexity index is 1290. The number of benzene rings is 3. The zero-order chi connectivity index (χ0) is 23.4. The molecule has 1 fully saturated rings. The summed E-state index contributed by atoms with van der Waals surface area (Å²) in [4.78, 5) is 24.4. The maximum atomic E-state index is 12.7. The topological polar surface area (TPSA) is 104 Å². The molecule has 0 unspecified atom stereocenters. The second-order valence-corrected chi connectivity index (χ2v) is 9.85. The molecule has 0 heterocycles. The number of hydrogen-bond acceptors (Lipinski definition) is 4. The molecule has 0 aliphatic heterocycles. The van der Waals surface area contributed by atoms with Crippen LogP contribution < -0.4 is 15.4 Å². The molecule has 9 heteroatoms. The van der Waals surface area contributed by atoms with Crippen LogP contribution in [0.2, 0.25) is 5.02 Å². The Hall–Kier alpha value is -3.36. The molecule has 1 aliphatic carbocycles. The van der Waals surface area contributed by atoms with Crippen LogP contribution in [-0.2, 0) is 21.4 Å². The summed E-state index contributed by atoms with van der Waals surface area (Å²) in [5, 5.41) is 5.92. The SMILES string of the molecule is O=C(NCc1ccc(NC(=O)C2CC2)cc1)c1cccc(S(=O)(=O)Nc2ccccc2Cl)c1. The summed E-state index contributed by atoms with van der Waals surface area (Å²) in [5.74, 6) is -0.241. The highest BCUT2D eigenvalue weighted by Crippen LogP contribution is 2.30. The summed E-state index contributed by atoms with van der Waals surface area (Å²) in [6.45, 7) is 0.254. The number of amides is 2. The van der Waals surface area contributed by atoms with Gasteiger partial charge in [0.1, 0.15) is 0 Å². The van der Waals surface area contributed by atoms with Crippen LogP contribution >= 0.6 is 11.6 Å². The molecular weight excluding hydrogens is 462 g/mol. The van der Waals surface area contributed by atoms with E-state index in [1.165, 1.54) is 18.2 Å². The van der Waals surface area contributed by atoms with Crippen molar-refractivity contribution in [2.45, 2.75) is 24.3 Å². The Morgan fingerprint density at radius 3 is 2.36 bits per heavy atom. The van der Waals surface area contributed by atoms with Gasteiger partial charge < -0.3 is 10.6 Å². The first kappa shape index (κ1) is 22.8. The smallest absolute Gasteiger partial charge is 0.261 e. The fraction of sp³-hybridized carbons (Fsp3) is 0.167. The molecular formula is C24H22ClN3O4S. The lowest BCUT2D eigenvalue weighted by Crippen LogP contribution is -2.23. The number of carbonyl (C=O) groups is 2. The summed E-state index contributed by atoms with van der Waals surface area (Å²) in [5.41, 5.74) is 2.03. The van der Waals surface area contributed by atoms with E-state index in [9.17, 15) is 18.0 Å². The zero-order valence-corrected chi connectivity index (χ0v) is 19.1. The molecule has 0 atom stereocenters. The van der Waals surface area contributed by atoms with Gasteiger partial charge in [0.15, 0.2) is 0 Å². The standard InChI is InChI=1S/C24H22ClN3O4S/c25-21-6-1-2-7-22(21)28-33(31,32)20-5-3-4-18(14-20)23(29)26-15-16-8-12-19(13-9-16)27-24(30)17-10-11-17/h1-9,12-14,17,28H,10-11,15H2,(H,26,29)(H,27,30). The molecule has 0 bridgehead atoms. The second-order valence-electron chi connectivity index (χ2n) is 7.76. The first-order valence-corrected chi connectivity index (χ1v) is 12.2. The largest absolute Gasteiger partial charge is 0.348 e. The monoisotopic (exact) mass is 483 g/mol. The number of carbonyl (C=O) groups excluding carboxylic acids is 2. The van der Waals surface area contributed by atoms with Crippen molar-refractivity contribution in [1.29, 1.82) is 0 Å². The Kier molecular flexibility index (Phi) is 6.67. The molecule has 4 rings (SSSR count). The molecule has 2 amide bonds. The number of anilines is 2. The minimum atomic E-state index is -3.92. The van der Waals surface area contributed by atoms with Gasteiger partial charge in [0.05, 0.1) is 15.6 Å². The van der Waals surface area contributed by atoms with E-state index >= 15 is 0 Å². The third-order valence-electron chi connectivity index (χ3n) is 5.15. The van der Waals surface area contributed by atoms with Gasteiger partial charge in [0, 0.05) is 23.7 Å². The third-order valence-corrected chi connectivity index (χ3v) is 6.84. The van der Waals surface area contributed by atoms with Crippen LogP contribution in [0.5, 0.6) is 0 Å². The first-order valence-electron chi connectivity index (χ1n) is 10.4. The lowest BCUT2D eigenvalue weighted by molar-refractivity contribution is -0.117. The van der Waals surface area contributed by atoms with Gasteiger partial charge in [-0.3, -0.25) is 14.3 Å². The van der Waals surface area contributed by atoms with Gasteiger partial charge in [0.2, 0.25) is 5.91 Å². The van der Waals surface area contributed by atoms with Crippen LogP contribution in [0, 0.1) is 5.92 Å². The molecule has 1 saturated carbocycles. The highest BCUT2D eigenvalue weighted by atomic mass is 35.5. The summed E-state index contributed by atoms with van der Waals surface area (Å²) in [6, 6.07) is 19.5. The number of sulfonamides is 1. The molecule has 0 radical (unpaired) electrons. The minimum Gasteiger partial charge on any atom is -0.348 e. The van der Waals surface area contributed by atoms with Crippen molar-refractivity contribution >= 4 is 44.8 Å². The maximum Gasteiger partial charge on any atom is 0.261 e. The number of halogens is 1. The summed E-state index contributed by atoms with van der Waals surface area (Å²) >= 11 is 6.04. The number of nitrogens with one attached hydrogen (secondary N) is 3. The van der Waals surface area contributed by atoms with Crippen LogP contribution in [0.3, 0.4) is 0 Å². The molecule has 0 spiro atoms. The van der Waals surface area contributed by atoms with Crippen LogP contribution in [0.4, 0.5) is 11.4 Å². The van der Waals surface area contributed by atoms with E-state index < -0.39 is 15.9 Å². The van der Waals surface area contributed by atoms with E-state index in [1.807, 2.05) is 12.1 Å². The van der Waals surface area contributed by atoms with Crippen molar-refractivity contribution in [3.63, 3.8) is 0 Å². The first-order chi connectivity index (χ1) is 15.8. The van der Waals surface area contributed by atoms with Gasteiger partial charge in [-0.05, 0) is 60.9 Å². The number of para-hydroxylation sites is 1. The predicted octanol–water partition coefficient (Wildman–Crippen LogP) is 4.42. The Labute approximate surface area is 197 Å². The average molecular weight is 484 g/mol. The van der Waals surface area contributed by atoms with Crippen LogP contribution in [0.25, 0.3) is 0 Å². The molecule has 170 valence electrons. The van der Waals surface area contributed by atoms with Crippen molar-refractivity contribution in [3.05, 3.63) is 88.9 Å². The van der Waals surface area contributed by atoms with Crippen molar-refractivity contribution < 1.29 is 18.0 Å². The number of rotatable bonds is 8. The Balaban J connectivity index is 1.38. The predicted molar refractivity (Wildman–Crippen MR) is 128 cm³/mol. The quantitative estimate of drug-likeness (QED) is 0.441. The maximum absolute atomic E-state index is 12.7. The number of hydrogen-bond donors (Lipinski definition) is 3. The van der Waals surface area contributed by atoms with Crippen molar-refractivity contribution in [2.24, 2.45) is 5.92 Å². The van der Waals surface area contributed by atoms with Gasteiger partial charge in [-0.15, -0.1) is 0 Å². The van der Waals surface area contributed by atoms with Crippen molar-refractivity contribution in [2.75, 3.05) is 10.0 Å². The van der Waals surface area contributed by atoms with E-state index in [0.29, 0.717) is 5.69 Å². The van der Waals surface area contributed by atoms with Crippen LogP contribution in [-0.4, -0.2) is 20.2 Å². The molecule has 33 heavy (non-hydrogen) atoms. The minimum absolute atomic E-state index is 0.0370. The molecule has 1 aliphatic rings. The molecule has 0 aromatic heterocycles. The van der Waals surface area contributed by atoms with Crippen LogP contribution in [0.1, 0.15) is 28.8 Å². The van der Waals surface area contributed by atoms with Crippen LogP contribution in [0.15, 0.2) is 77.7 Å². The molecule has 7 nitrogen and oxygen atoms in total. The normalized spacial score (nSPS) is 13.2. The Morgan fingerprint density at radius 2 is 1.67 bits per heavy atom. The highest BCUT2D eigenvalue weighted by Gasteiger charge is 2.29. The summed E-state index contributed by atoms with van der Waals surface area (Å²) < 4.78 is 27.9. The van der Waals surface area contributed by atoms with E-state index in [-0.39, 0.29) is 39.5 Å². The Morgan fingerprint density at radius 1 is 0.939 bits per heavy atom. The van der Waals surface area contributed by atoms with Gasteiger partial charge in [-0.2, -0.15) is 0 Å². The highest BCUT2D eigenvalue weighted by molar-refractivity contribution is 7.92. The van der Waals surface area contributed by atoms with Gasteiger partial charge in [-0.1, -0.05) is 41.9 Å². The van der Waals surface area contributed by atoms with E-state index in [4.69, 9.17) is 11.6 Å². The summed E-state index contributed by atoms with van der Waals surface area (Å²) in [7, 11) is -3.92. The van der Waals surface area contributed by atoms with Gasteiger partial charge >= 0.3 is 0 Å². The molecule has 3 aromatic rings. The molecule has 3 N–H and O–H groups in total.